The Morgan fingerprint density at radius 1 is 1.00 bits per heavy atom. The fraction of sp³-hybridized carbons (Fsp3) is 0.500. The van der Waals surface area contributed by atoms with Gasteiger partial charge in [-0.1, -0.05) is 24.3 Å². The van der Waals surface area contributed by atoms with Gasteiger partial charge >= 0.3 is 0 Å². The Hall–Kier alpha value is -0.280. The monoisotopic (exact) mass is 264 g/mol. The molecular weight excluding hydrogens is 243 g/mol. The molecule has 0 bridgehead atoms. The third-order valence-corrected chi connectivity index (χ3v) is 2.06. The maximum absolute atomic E-state index is 3.15. The number of nitrogens with one attached hydrogen (secondary N) is 1. The number of quaternary nitrogens is 1. The average molecular weight is 265 g/mol. The van der Waals surface area contributed by atoms with Crippen molar-refractivity contribution in [1.82, 2.24) is 5.32 Å². The lowest BCUT2D eigenvalue weighted by atomic mass is 10.1. The van der Waals surface area contributed by atoms with Crippen LogP contribution in [0.2, 0.25) is 0 Å². The second kappa shape index (κ2) is 7.91. The van der Waals surface area contributed by atoms with Crippen molar-refractivity contribution in [2.75, 3.05) is 28.2 Å². The lowest BCUT2D eigenvalue weighted by Gasteiger charge is -2.23. The van der Waals surface area contributed by atoms with E-state index in [-0.39, 0.29) is 24.8 Å². The topological polar surface area (TPSA) is 12.0 Å². The minimum absolute atomic E-state index is 0. The SMILES string of the molecule is CNCc1ccc(C[N+](C)(C)C)cc1.Cl.[Cl-]. The Balaban J connectivity index is 0. The molecule has 94 valence electrons. The molecule has 0 amide bonds. The summed E-state index contributed by atoms with van der Waals surface area (Å²) >= 11 is 0. The van der Waals surface area contributed by atoms with Crippen molar-refractivity contribution in [3.63, 3.8) is 0 Å². The molecule has 1 aromatic rings. The molecule has 0 aliphatic heterocycles. The minimum Gasteiger partial charge on any atom is -1.00 e. The lowest BCUT2D eigenvalue weighted by molar-refractivity contribution is -0.884. The van der Waals surface area contributed by atoms with Gasteiger partial charge in [0.2, 0.25) is 0 Å². The quantitative estimate of drug-likeness (QED) is 0.691. The Kier molecular flexibility index (Phi) is 8.94. The Labute approximate surface area is 111 Å². The number of hydrogen-bond acceptors (Lipinski definition) is 1. The average Bonchev–Trinajstić information content (AvgIpc) is 2.06. The van der Waals surface area contributed by atoms with Gasteiger partial charge in [0.1, 0.15) is 6.54 Å². The van der Waals surface area contributed by atoms with E-state index in [0.717, 1.165) is 17.6 Å². The van der Waals surface area contributed by atoms with Gasteiger partial charge in [-0.2, -0.15) is 0 Å². The summed E-state index contributed by atoms with van der Waals surface area (Å²) in [5.74, 6) is 0. The second-order valence-corrected chi connectivity index (χ2v) is 4.80. The molecule has 16 heavy (non-hydrogen) atoms. The summed E-state index contributed by atoms with van der Waals surface area (Å²) in [6, 6.07) is 8.83. The molecule has 0 aromatic heterocycles. The van der Waals surface area contributed by atoms with Gasteiger partial charge in [0.05, 0.1) is 21.1 Å². The van der Waals surface area contributed by atoms with Gasteiger partial charge in [0, 0.05) is 12.1 Å². The smallest absolute Gasteiger partial charge is 0.104 e. The van der Waals surface area contributed by atoms with Crippen LogP contribution in [0.4, 0.5) is 0 Å². The molecule has 4 heteroatoms. The third-order valence-electron chi connectivity index (χ3n) is 2.06. The van der Waals surface area contributed by atoms with Gasteiger partial charge in [-0.15, -0.1) is 12.4 Å². The van der Waals surface area contributed by atoms with E-state index in [2.05, 4.69) is 50.7 Å². The van der Waals surface area contributed by atoms with Gasteiger partial charge < -0.3 is 22.2 Å². The number of nitrogens with zero attached hydrogens (tertiary/aromatic N) is 1. The summed E-state index contributed by atoms with van der Waals surface area (Å²) in [7, 11) is 8.60. The first kappa shape index (κ1) is 18.1. The van der Waals surface area contributed by atoms with E-state index in [1.807, 2.05) is 7.05 Å². The maximum atomic E-state index is 3.15. The van der Waals surface area contributed by atoms with Crippen molar-refractivity contribution in [2.24, 2.45) is 0 Å². The first-order valence-electron chi connectivity index (χ1n) is 5.04. The van der Waals surface area contributed by atoms with Crippen LogP contribution in [0.3, 0.4) is 0 Å². The van der Waals surface area contributed by atoms with E-state index in [9.17, 15) is 0 Å². The molecule has 0 aliphatic carbocycles. The van der Waals surface area contributed by atoms with Crippen LogP contribution in [-0.2, 0) is 13.1 Å². The predicted octanol–water partition coefficient (Wildman–Crippen LogP) is -0.962. The number of rotatable bonds is 4. The van der Waals surface area contributed by atoms with E-state index in [1.54, 1.807) is 0 Å². The fourth-order valence-electron chi connectivity index (χ4n) is 1.51. The number of halogens is 2. The molecular formula is C12H22Cl2N2. The summed E-state index contributed by atoms with van der Waals surface area (Å²) in [5, 5.41) is 3.15. The van der Waals surface area contributed by atoms with Gasteiger partial charge in [0.25, 0.3) is 0 Å². The van der Waals surface area contributed by atoms with Crippen LogP contribution in [0.1, 0.15) is 11.1 Å². The second-order valence-electron chi connectivity index (χ2n) is 4.80. The van der Waals surface area contributed by atoms with Crippen molar-refractivity contribution >= 4 is 12.4 Å². The Bertz CT molecular complexity index is 278. The van der Waals surface area contributed by atoms with Crippen LogP contribution in [-0.4, -0.2) is 32.7 Å². The summed E-state index contributed by atoms with van der Waals surface area (Å²) in [4.78, 5) is 0. The predicted molar refractivity (Wildman–Crippen MR) is 68.2 cm³/mol. The number of hydrogen-bond donors (Lipinski definition) is 1. The molecule has 0 aliphatic rings. The molecule has 0 unspecified atom stereocenters. The summed E-state index contributed by atoms with van der Waals surface area (Å²) in [6.45, 7) is 2.03. The van der Waals surface area contributed by atoms with Gasteiger partial charge in [-0.25, -0.2) is 0 Å². The van der Waals surface area contributed by atoms with E-state index in [1.165, 1.54) is 11.1 Å². The maximum Gasteiger partial charge on any atom is 0.104 e. The van der Waals surface area contributed by atoms with Gasteiger partial charge in [-0.05, 0) is 12.6 Å². The van der Waals surface area contributed by atoms with Crippen molar-refractivity contribution in [3.05, 3.63) is 35.4 Å². The van der Waals surface area contributed by atoms with E-state index < -0.39 is 0 Å². The molecule has 2 nitrogen and oxygen atoms in total. The standard InChI is InChI=1S/C12H21N2.2ClH/c1-13-9-11-5-7-12(8-6-11)10-14(2,3)4;;/h5-8,13H,9-10H2,1-4H3;2*1H/q+1;;/p-1. The van der Waals surface area contributed by atoms with Crippen molar-refractivity contribution in [3.8, 4) is 0 Å². The van der Waals surface area contributed by atoms with Crippen molar-refractivity contribution in [1.29, 1.82) is 0 Å². The molecule has 1 aromatic carbocycles. The summed E-state index contributed by atoms with van der Waals surface area (Å²) < 4.78 is 0.978. The summed E-state index contributed by atoms with van der Waals surface area (Å²) in [5.41, 5.74) is 2.75. The van der Waals surface area contributed by atoms with Gasteiger partial charge in [-0.3, -0.25) is 0 Å². The molecule has 0 spiro atoms. The summed E-state index contributed by atoms with van der Waals surface area (Å²) in [6.07, 6.45) is 0. The molecule has 0 heterocycles. The molecule has 0 radical (unpaired) electrons. The lowest BCUT2D eigenvalue weighted by Crippen LogP contribution is -3.00. The third kappa shape index (κ3) is 7.07. The highest BCUT2D eigenvalue weighted by molar-refractivity contribution is 5.85. The van der Waals surface area contributed by atoms with E-state index in [4.69, 9.17) is 0 Å². The van der Waals surface area contributed by atoms with E-state index in [0.29, 0.717) is 0 Å². The molecule has 1 rings (SSSR count). The molecule has 0 atom stereocenters. The normalized spacial score (nSPS) is 10.2. The van der Waals surface area contributed by atoms with Crippen LogP contribution in [0.25, 0.3) is 0 Å². The van der Waals surface area contributed by atoms with Crippen molar-refractivity contribution < 1.29 is 16.9 Å². The molecule has 0 saturated heterocycles. The Morgan fingerprint density at radius 3 is 1.81 bits per heavy atom. The highest BCUT2D eigenvalue weighted by Crippen LogP contribution is 2.08. The minimum atomic E-state index is 0. The highest BCUT2D eigenvalue weighted by atomic mass is 35.5. The van der Waals surface area contributed by atoms with Crippen molar-refractivity contribution in [2.45, 2.75) is 13.1 Å². The van der Waals surface area contributed by atoms with Crippen LogP contribution >= 0.6 is 12.4 Å². The van der Waals surface area contributed by atoms with Crippen LogP contribution < -0.4 is 17.7 Å². The zero-order valence-corrected chi connectivity index (χ0v) is 12.0. The van der Waals surface area contributed by atoms with Crippen LogP contribution in [0, 0.1) is 0 Å². The Morgan fingerprint density at radius 2 is 1.44 bits per heavy atom. The molecule has 0 saturated carbocycles. The largest absolute Gasteiger partial charge is 1.00 e. The van der Waals surface area contributed by atoms with Crippen LogP contribution in [0.5, 0.6) is 0 Å². The first-order chi connectivity index (χ1) is 6.51. The van der Waals surface area contributed by atoms with Gasteiger partial charge in [0.15, 0.2) is 0 Å². The number of benzene rings is 1. The first-order valence-corrected chi connectivity index (χ1v) is 5.04. The zero-order valence-electron chi connectivity index (χ0n) is 10.5. The fourth-order valence-corrected chi connectivity index (χ4v) is 1.51. The van der Waals surface area contributed by atoms with E-state index >= 15 is 0 Å². The molecule has 1 N–H and O–H groups in total. The highest BCUT2D eigenvalue weighted by Gasteiger charge is 2.07. The van der Waals surface area contributed by atoms with Crippen LogP contribution in [0.15, 0.2) is 24.3 Å². The molecule has 0 fully saturated rings. The zero-order chi connectivity index (χ0) is 10.6.